The number of carbonyl (C=O) groups is 1. The number of hydrogen-bond acceptors (Lipinski definition) is 1. The molecular weight excluding hydrogens is 338 g/mol. The van der Waals surface area contributed by atoms with Gasteiger partial charge in [-0.2, -0.15) is 0 Å². The quantitative estimate of drug-likeness (QED) is 0.760. The zero-order valence-corrected chi connectivity index (χ0v) is 14.8. The van der Waals surface area contributed by atoms with Crippen LogP contribution in [-0.4, -0.2) is 10.2 Å². The number of anilines is 1. The molecule has 0 aliphatic heterocycles. The summed E-state index contributed by atoms with van der Waals surface area (Å²) in [4.78, 5) is 13.1. The van der Waals surface area contributed by atoms with Crippen molar-refractivity contribution in [3.63, 3.8) is 0 Å². The Labute approximate surface area is 141 Å². The number of benzene rings is 1. The molecule has 0 spiro atoms. The lowest BCUT2D eigenvalue weighted by atomic mass is 9.49. The van der Waals surface area contributed by atoms with Crippen LogP contribution in [0.3, 0.4) is 0 Å². The van der Waals surface area contributed by atoms with Gasteiger partial charge in [0.25, 0.3) is 0 Å². The molecule has 4 aliphatic carbocycles. The van der Waals surface area contributed by atoms with E-state index in [1.165, 1.54) is 24.8 Å². The van der Waals surface area contributed by atoms with Gasteiger partial charge in [-0.3, -0.25) is 4.79 Å². The molecule has 1 aromatic rings. The molecule has 118 valence electrons. The van der Waals surface area contributed by atoms with Crippen LogP contribution >= 0.6 is 15.9 Å². The van der Waals surface area contributed by atoms with Gasteiger partial charge in [0.1, 0.15) is 0 Å². The minimum atomic E-state index is -0.129. The van der Waals surface area contributed by atoms with Crippen LogP contribution in [0.2, 0.25) is 0 Å². The Bertz CT molecular complexity index is 597. The Hall–Kier alpha value is -0.830. The molecule has 22 heavy (non-hydrogen) atoms. The second-order valence-corrected chi connectivity index (χ2v) is 9.58. The zero-order chi connectivity index (χ0) is 15.4. The number of carbonyl (C=O) groups excluding carboxylic acids is 1. The summed E-state index contributed by atoms with van der Waals surface area (Å²) < 4.78 is 0.236. The fourth-order valence-electron chi connectivity index (χ4n) is 5.55. The van der Waals surface area contributed by atoms with Crippen LogP contribution in [0.25, 0.3) is 0 Å². The van der Waals surface area contributed by atoms with E-state index in [0.717, 1.165) is 43.2 Å². The van der Waals surface area contributed by atoms with E-state index in [0.29, 0.717) is 0 Å². The molecule has 0 radical (unpaired) electrons. The van der Waals surface area contributed by atoms with Crippen LogP contribution in [0.5, 0.6) is 0 Å². The molecule has 0 aromatic heterocycles. The number of hydrogen-bond donors (Lipinski definition) is 1. The van der Waals surface area contributed by atoms with Gasteiger partial charge in [0, 0.05) is 10.0 Å². The van der Waals surface area contributed by atoms with E-state index in [2.05, 4.69) is 40.3 Å². The second-order valence-electron chi connectivity index (χ2n) is 7.90. The summed E-state index contributed by atoms with van der Waals surface area (Å²) in [5, 5.41) is 3.23. The molecule has 4 bridgehead atoms. The normalized spacial score (nSPS) is 39.0. The number of rotatable bonds is 3. The van der Waals surface area contributed by atoms with E-state index in [1.807, 2.05) is 12.1 Å². The average Bonchev–Trinajstić information content (AvgIpc) is 2.45. The lowest BCUT2D eigenvalue weighted by Gasteiger charge is -2.59. The maximum atomic E-state index is 13.1. The van der Waals surface area contributed by atoms with Crippen LogP contribution in [0.15, 0.2) is 24.3 Å². The highest BCUT2D eigenvalue weighted by molar-refractivity contribution is 9.10. The van der Waals surface area contributed by atoms with E-state index >= 15 is 0 Å². The Kier molecular flexibility index (Phi) is 3.41. The van der Waals surface area contributed by atoms with Crippen molar-refractivity contribution in [3.8, 4) is 0 Å². The largest absolute Gasteiger partial charge is 0.326 e. The summed E-state index contributed by atoms with van der Waals surface area (Å²) in [6.45, 7) is 2.15. The highest BCUT2D eigenvalue weighted by Crippen LogP contribution is 2.64. The first-order valence-electron chi connectivity index (χ1n) is 8.60. The van der Waals surface area contributed by atoms with Crippen molar-refractivity contribution >= 4 is 27.5 Å². The topological polar surface area (TPSA) is 29.1 Å². The lowest BCUT2D eigenvalue weighted by molar-refractivity contribution is -0.138. The van der Waals surface area contributed by atoms with E-state index in [9.17, 15) is 4.79 Å². The third kappa shape index (κ3) is 2.42. The molecule has 2 nitrogen and oxygen atoms in total. The predicted molar refractivity (Wildman–Crippen MR) is 93.2 cm³/mol. The van der Waals surface area contributed by atoms with Crippen LogP contribution in [0, 0.1) is 17.3 Å². The number of alkyl halides is 1. The van der Waals surface area contributed by atoms with Gasteiger partial charge in [0.2, 0.25) is 5.91 Å². The first-order chi connectivity index (χ1) is 10.5. The molecule has 0 heterocycles. The van der Waals surface area contributed by atoms with E-state index in [-0.39, 0.29) is 15.6 Å². The average molecular weight is 362 g/mol. The molecule has 0 saturated heterocycles. The molecule has 5 rings (SSSR count). The Morgan fingerprint density at radius 3 is 2.64 bits per heavy atom. The standard InChI is InChI=1S/C19H24BrNO/c1-2-13-4-3-5-16(7-13)21-17(22)18-8-14-6-15(9-18)11-19(20,10-14)12-18/h3-5,7,14-15H,2,6,8-12H2,1H3,(H,21,22)/t14-,15+,18?,19?. The van der Waals surface area contributed by atoms with Crippen molar-refractivity contribution in [2.75, 3.05) is 5.32 Å². The summed E-state index contributed by atoms with van der Waals surface area (Å²) in [6, 6.07) is 8.29. The summed E-state index contributed by atoms with van der Waals surface area (Å²) in [5.41, 5.74) is 2.11. The SMILES string of the molecule is CCc1cccc(NC(=O)C23C[C@@H]4C[C@@H](CC(Br)(C4)C2)C3)c1. The Morgan fingerprint density at radius 2 is 2.00 bits per heavy atom. The predicted octanol–water partition coefficient (Wildman–Crippen LogP) is 4.92. The third-order valence-corrected chi connectivity index (χ3v) is 6.99. The van der Waals surface area contributed by atoms with Gasteiger partial charge in [-0.25, -0.2) is 0 Å². The van der Waals surface area contributed by atoms with E-state index in [4.69, 9.17) is 0 Å². The highest BCUT2D eigenvalue weighted by atomic mass is 79.9. The van der Waals surface area contributed by atoms with Crippen LogP contribution in [0.4, 0.5) is 5.69 Å². The summed E-state index contributed by atoms with van der Waals surface area (Å²) in [6.07, 6.45) is 8.09. The molecule has 4 fully saturated rings. The van der Waals surface area contributed by atoms with Gasteiger partial charge in [0.15, 0.2) is 0 Å². The fraction of sp³-hybridized carbons (Fsp3) is 0.632. The number of halogens is 1. The van der Waals surface area contributed by atoms with Crippen molar-refractivity contribution < 1.29 is 4.79 Å². The molecule has 2 unspecified atom stereocenters. The summed E-state index contributed by atoms with van der Waals surface area (Å²) in [7, 11) is 0. The smallest absolute Gasteiger partial charge is 0.230 e. The first-order valence-corrected chi connectivity index (χ1v) is 9.39. The van der Waals surface area contributed by atoms with Gasteiger partial charge >= 0.3 is 0 Å². The Morgan fingerprint density at radius 1 is 1.27 bits per heavy atom. The minimum Gasteiger partial charge on any atom is -0.326 e. The zero-order valence-electron chi connectivity index (χ0n) is 13.2. The second kappa shape index (κ2) is 5.09. The number of amides is 1. The van der Waals surface area contributed by atoms with Gasteiger partial charge in [-0.05, 0) is 74.5 Å². The summed E-state index contributed by atoms with van der Waals surface area (Å²) in [5.74, 6) is 1.75. The lowest BCUT2D eigenvalue weighted by Crippen LogP contribution is -2.57. The van der Waals surface area contributed by atoms with Gasteiger partial charge in [-0.15, -0.1) is 0 Å². The summed E-state index contributed by atoms with van der Waals surface area (Å²) >= 11 is 3.99. The maximum Gasteiger partial charge on any atom is 0.230 e. The van der Waals surface area contributed by atoms with Crippen molar-refractivity contribution in [1.29, 1.82) is 0 Å². The number of aryl methyl sites for hydroxylation is 1. The molecule has 1 N–H and O–H groups in total. The Balaban J connectivity index is 1.57. The minimum absolute atomic E-state index is 0.129. The van der Waals surface area contributed by atoms with Crippen LogP contribution < -0.4 is 5.32 Å². The monoisotopic (exact) mass is 361 g/mol. The maximum absolute atomic E-state index is 13.1. The van der Waals surface area contributed by atoms with Crippen LogP contribution in [0.1, 0.15) is 51.0 Å². The molecule has 1 aromatic carbocycles. The van der Waals surface area contributed by atoms with E-state index in [1.54, 1.807) is 0 Å². The molecule has 4 atom stereocenters. The molecule has 1 amide bonds. The highest BCUT2D eigenvalue weighted by Gasteiger charge is 2.59. The van der Waals surface area contributed by atoms with Crippen molar-refractivity contribution in [1.82, 2.24) is 0 Å². The van der Waals surface area contributed by atoms with Crippen LogP contribution in [-0.2, 0) is 11.2 Å². The van der Waals surface area contributed by atoms with Crippen molar-refractivity contribution in [2.24, 2.45) is 17.3 Å². The van der Waals surface area contributed by atoms with Crippen molar-refractivity contribution in [2.45, 2.75) is 56.2 Å². The molecular formula is C19H24BrNO. The van der Waals surface area contributed by atoms with E-state index < -0.39 is 0 Å². The van der Waals surface area contributed by atoms with Gasteiger partial charge < -0.3 is 5.32 Å². The molecule has 4 saturated carbocycles. The third-order valence-electron chi connectivity index (χ3n) is 6.06. The number of nitrogens with one attached hydrogen (secondary N) is 1. The van der Waals surface area contributed by atoms with Crippen molar-refractivity contribution in [3.05, 3.63) is 29.8 Å². The van der Waals surface area contributed by atoms with Gasteiger partial charge in [0.05, 0.1) is 5.41 Å². The fourth-order valence-corrected chi connectivity index (χ4v) is 7.00. The first kappa shape index (κ1) is 14.7. The van der Waals surface area contributed by atoms with Gasteiger partial charge in [-0.1, -0.05) is 35.0 Å². The molecule has 4 aliphatic rings. The molecule has 3 heteroatoms.